The number of aliphatic hydroxyl groups is 1. The number of nitrogens with zero attached hydrogens (tertiary/aromatic N) is 2. The van der Waals surface area contributed by atoms with Gasteiger partial charge in [-0.05, 0) is 51.3 Å². The van der Waals surface area contributed by atoms with Crippen molar-refractivity contribution in [2.45, 2.75) is 32.2 Å². The van der Waals surface area contributed by atoms with Gasteiger partial charge in [0.15, 0.2) is 0 Å². The van der Waals surface area contributed by atoms with Crippen molar-refractivity contribution in [3.63, 3.8) is 0 Å². The number of hydrogen-bond donors (Lipinski definition) is 2. The van der Waals surface area contributed by atoms with E-state index in [1.54, 1.807) is 12.1 Å². The molecule has 1 amide bonds. The molecule has 23 heavy (non-hydrogen) atoms. The molecule has 0 radical (unpaired) electrons. The number of nitro groups is 1. The number of benzene rings is 1. The first-order valence-electron chi connectivity index (χ1n) is 7.91. The van der Waals surface area contributed by atoms with Crippen LogP contribution in [-0.2, 0) is 4.79 Å². The highest BCUT2D eigenvalue weighted by molar-refractivity contribution is 5.94. The molecule has 1 aromatic carbocycles. The van der Waals surface area contributed by atoms with Gasteiger partial charge in [-0.2, -0.15) is 0 Å². The monoisotopic (exact) mass is 321 g/mol. The smallest absolute Gasteiger partial charge is 0.271 e. The van der Waals surface area contributed by atoms with Crippen molar-refractivity contribution in [1.82, 2.24) is 4.90 Å². The molecule has 126 valence electrons. The van der Waals surface area contributed by atoms with Crippen LogP contribution in [0.4, 0.5) is 11.4 Å². The van der Waals surface area contributed by atoms with Gasteiger partial charge in [-0.25, -0.2) is 0 Å². The van der Waals surface area contributed by atoms with E-state index in [1.165, 1.54) is 12.1 Å². The fourth-order valence-corrected chi connectivity index (χ4v) is 2.87. The molecule has 2 unspecified atom stereocenters. The number of hydrogen-bond acceptors (Lipinski definition) is 5. The SMILES string of the molecule is CC(C(=O)Nc1cccc([N+](=O)[O-])c1)N1CCCC(CO)CC1. The predicted octanol–water partition coefficient (Wildman–Crippen LogP) is 2.02. The number of non-ortho nitro benzene ring substituents is 1. The van der Waals surface area contributed by atoms with Gasteiger partial charge < -0.3 is 10.4 Å². The van der Waals surface area contributed by atoms with Crippen molar-refractivity contribution in [2.75, 3.05) is 25.0 Å². The van der Waals surface area contributed by atoms with Crippen LogP contribution in [-0.4, -0.2) is 46.6 Å². The number of carbonyl (C=O) groups is 1. The first kappa shape index (κ1) is 17.4. The minimum Gasteiger partial charge on any atom is -0.396 e. The van der Waals surface area contributed by atoms with E-state index in [2.05, 4.69) is 10.2 Å². The van der Waals surface area contributed by atoms with Crippen molar-refractivity contribution in [2.24, 2.45) is 5.92 Å². The van der Waals surface area contributed by atoms with Gasteiger partial charge >= 0.3 is 0 Å². The van der Waals surface area contributed by atoms with E-state index < -0.39 is 4.92 Å². The first-order chi connectivity index (χ1) is 11.0. The molecular weight excluding hydrogens is 298 g/mol. The van der Waals surface area contributed by atoms with E-state index in [1.807, 2.05) is 6.92 Å². The summed E-state index contributed by atoms with van der Waals surface area (Å²) in [4.78, 5) is 24.8. The topological polar surface area (TPSA) is 95.7 Å². The summed E-state index contributed by atoms with van der Waals surface area (Å²) in [5.41, 5.74) is 0.384. The first-order valence-corrected chi connectivity index (χ1v) is 7.91. The summed E-state index contributed by atoms with van der Waals surface area (Å²) in [6.07, 6.45) is 2.82. The Kier molecular flexibility index (Phi) is 6.06. The maximum absolute atomic E-state index is 12.4. The zero-order valence-corrected chi connectivity index (χ0v) is 13.3. The Morgan fingerprint density at radius 1 is 1.48 bits per heavy atom. The average Bonchev–Trinajstić information content (AvgIpc) is 2.79. The summed E-state index contributed by atoms with van der Waals surface area (Å²) in [5, 5.41) is 22.8. The lowest BCUT2D eigenvalue weighted by atomic mass is 10.0. The zero-order valence-electron chi connectivity index (χ0n) is 13.3. The number of amides is 1. The van der Waals surface area contributed by atoms with E-state index in [4.69, 9.17) is 0 Å². The van der Waals surface area contributed by atoms with Gasteiger partial charge in [0, 0.05) is 24.4 Å². The van der Waals surface area contributed by atoms with Gasteiger partial charge in [0.2, 0.25) is 5.91 Å². The molecular formula is C16H23N3O4. The van der Waals surface area contributed by atoms with E-state index >= 15 is 0 Å². The lowest BCUT2D eigenvalue weighted by Crippen LogP contribution is -2.42. The number of nitro benzene ring substituents is 1. The van der Waals surface area contributed by atoms with Crippen molar-refractivity contribution in [3.8, 4) is 0 Å². The highest BCUT2D eigenvalue weighted by Crippen LogP contribution is 2.20. The Labute approximate surface area is 135 Å². The van der Waals surface area contributed by atoms with Crippen LogP contribution in [0.25, 0.3) is 0 Å². The molecule has 0 bridgehead atoms. The van der Waals surface area contributed by atoms with E-state index in [0.717, 1.165) is 32.4 Å². The Bertz CT molecular complexity index is 564. The molecule has 0 aromatic heterocycles. The highest BCUT2D eigenvalue weighted by Gasteiger charge is 2.24. The largest absolute Gasteiger partial charge is 0.396 e. The quantitative estimate of drug-likeness (QED) is 0.639. The van der Waals surface area contributed by atoms with Crippen molar-refractivity contribution in [3.05, 3.63) is 34.4 Å². The summed E-state index contributed by atoms with van der Waals surface area (Å²) < 4.78 is 0. The number of anilines is 1. The third kappa shape index (κ3) is 4.74. The molecule has 0 aliphatic carbocycles. The number of nitrogens with one attached hydrogen (secondary N) is 1. The molecule has 2 N–H and O–H groups in total. The highest BCUT2D eigenvalue weighted by atomic mass is 16.6. The zero-order chi connectivity index (χ0) is 16.8. The standard InChI is InChI=1S/C16H23N3O4/c1-12(18-8-3-4-13(11-20)7-9-18)16(21)17-14-5-2-6-15(10-14)19(22)23/h2,5-6,10,12-13,20H,3-4,7-9,11H2,1H3,(H,17,21). The van der Waals surface area contributed by atoms with Gasteiger partial charge in [-0.3, -0.25) is 19.8 Å². The number of rotatable bonds is 5. The van der Waals surface area contributed by atoms with Gasteiger partial charge in [0.1, 0.15) is 0 Å². The van der Waals surface area contributed by atoms with Gasteiger partial charge in [-0.15, -0.1) is 0 Å². The average molecular weight is 321 g/mol. The van der Waals surface area contributed by atoms with Gasteiger partial charge in [-0.1, -0.05) is 6.07 Å². The van der Waals surface area contributed by atoms with Crippen LogP contribution in [0, 0.1) is 16.0 Å². The molecule has 1 aliphatic heterocycles. The molecule has 0 saturated carbocycles. The van der Waals surface area contributed by atoms with Crippen LogP contribution in [0.1, 0.15) is 26.2 Å². The molecule has 1 aliphatic rings. The normalized spacial score (nSPS) is 20.5. The number of carbonyl (C=O) groups excluding carboxylic acids is 1. The summed E-state index contributed by atoms with van der Waals surface area (Å²) in [6, 6.07) is 5.63. The summed E-state index contributed by atoms with van der Waals surface area (Å²) in [5.74, 6) is 0.139. The number of likely N-dealkylation sites (tertiary alicyclic amines) is 1. The summed E-state index contributed by atoms with van der Waals surface area (Å²) >= 11 is 0. The maximum atomic E-state index is 12.4. The Hall–Kier alpha value is -1.99. The molecule has 1 heterocycles. The molecule has 0 spiro atoms. The van der Waals surface area contributed by atoms with Gasteiger partial charge in [0.25, 0.3) is 5.69 Å². The fraction of sp³-hybridized carbons (Fsp3) is 0.562. The predicted molar refractivity (Wildman–Crippen MR) is 87.2 cm³/mol. The molecule has 2 atom stereocenters. The van der Waals surface area contributed by atoms with Crippen molar-refractivity contribution >= 4 is 17.3 Å². The lowest BCUT2D eigenvalue weighted by Gasteiger charge is -2.26. The third-order valence-corrected chi connectivity index (χ3v) is 4.39. The van der Waals surface area contributed by atoms with Crippen LogP contribution in [0.2, 0.25) is 0 Å². The summed E-state index contributed by atoms with van der Waals surface area (Å²) in [7, 11) is 0. The van der Waals surface area contributed by atoms with Gasteiger partial charge in [0.05, 0.1) is 11.0 Å². The Balaban J connectivity index is 1.97. The molecule has 7 nitrogen and oxygen atoms in total. The second-order valence-corrected chi connectivity index (χ2v) is 5.99. The number of aliphatic hydroxyl groups excluding tert-OH is 1. The molecule has 7 heteroatoms. The Morgan fingerprint density at radius 3 is 2.96 bits per heavy atom. The van der Waals surface area contributed by atoms with E-state index in [9.17, 15) is 20.0 Å². The van der Waals surface area contributed by atoms with Crippen LogP contribution in [0.5, 0.6) is 0 Å². The third-order valence-electron chi connectivity index (χ3n) is 4.39. The van der Waals surface area contributed by atoms with Crippen molar-refractivity contribution < 1.29 is 14.8 Å². The van der Waals surface area contributed by atoms with Crippen molar-refractivity contribution in [1.29, 1.82) is 0 Å². The molecule has 1 fully saturated rings. The van der Waals surface area contributed by atoms with Crippen LogP contribution >= 0.6 is 0 Å². The van der Waals surface area contributed by atoms with E-state index in [0.29, 0.717) is 11.6 Å². The minimum absolute atomic E-state index is 0.0454. The van der Waals surface area contributed by atoms with Crippen LogP contribution in [0.3, 0.4) is 0 Å². The van der Waals surface area contributed by atoms with Crippen LogP contribution < -0.4 is 5.32 Å². The fourth-order valence-electron chi connectivity index (χ4n) is 2.87. The lowest BCUT2D eigenvalue weighted by molar-refractivity contribution is -0.384. The second-order valence-electron chi connectivity index (χ2n) is 5.99. The Morgan fingerprint density at radius 2 is 2.26 bits per heavy atom. The minimum atomic E-state index is -0.483. The molecule has 2 rings (SSSR count). The maximum Gasteiger partial charge on any atom is 0.271 e. The molecule has 1 aromatic rings. The van der Waals surface area contributed by atoms with Crippen LogP contribution in [0.15, 0.2) is 24.3 Å². The molecule has 1 saturated heterocycles. The summed E-state index contributed by atoms with van der Waals surface area (Å²) in [6.45, 7) is 3.63. The second kappa shape index (κ2) is 8.03. The van der Waals surface area contributed by atoms with E-state index in [-0.39, 0.29) is 24.2 Å².